The summed E-state index contributed by atoms with van der Waals surface area (Å²) in [7, 11) is 1.33. The van der Waals surface area contributed by atoms with Gasteiger partial charge in [-0.25, -0.2) is 14.2 Å². The molecule has 0 radical (unpaired) electrons. The lowest BCUT2D eigenvalue weighted by molar-refractivity contribution is -0.136. The molecule has 42 heavy (non-hydrogen) atoms. The van der Waals surface area contributed by atoms with E-state index in [1.165, 1.54) is 24.5 Å². The van der Waals surface area contributed by atoms with Crippen LogP contribution in [0.2, 0.25) is 0 Å². The molecule has 7 nitrogen and oxygen atoms in total. The Balaban J connectivity index is 1.60. The zero-order chi connectivity index (χ0) is 29.8. The molecule has 0 unspecified atom stereocenters. The SMILES string of the molecule is CCOc1cc(/C=c2\sc3n(c2=O)[C@H](c2ccccc2)C(C(=O)OC)=C(CC)N=3)cc(Br)c1OCc1ccccc1F. The Hall–Kier alpha value is -4.02. The van der Waals surface area contributed by atoms with Crippen molar-refractivity contribution in [1.29, 1.82) is 0 Å². The predicted molar refractivity (Wildman–Crippen MR) is 163 cm³/mol. The highest BCUT2D eigenvalue weighted by Gasteiger charge is 2.33. The van der Waals surface area contributed by atoms with Crippen molar-refractivity contribution < 1.29 is 23.4 Å². The number of aromatic nitrogens is 1. The quantitative estimate of drug-likeness (QED) is 0.218. The zero-order valence-corrected chi connectivity index (χ0v) is 25.6. The molecule has 0 aliphatic carbocycles. The van der Waals surface area contributed by atoms with Crippen LogP contribution in [-0.4, -0.2) is 24.3 Å². The molecule has 0 saturated carbocycles. The highest BCUT2D eigenvalue weighted by atomic mass is 79.9. The first-order chi connectivity index (χ1) is 20.4. The van der Waals surface area contributed by atoms with Crippen molar-refractivity contribution in [1.82, 2.24) is 4.57 Å². The maximum atomic E-state index is 14.2. The van der Waals surface area contributed by atoms with Gasteiger partial charge in [0, 0.05) is 5.56 Å². The molecular formula is C32H28BrFN2O5S. The van der Waals surface area contributed by atoms with Gasteiger partial charge in [-0.3, -0.25) is 9.36 Å². The fourth-order valence-corrected chi connectivity index (χ4v) is 6.40. The van der Waals surface area contributed by atoms with E-state index in [0.717, 1.165) is 5.56 Å². The van der Waals surface area contributed by atoms with E-state index in [4.69, 9.17) is 19.2 Å². The van der Waals surface area contributed by atoms with E-state index < -0.39 is 12.0 Å². The Morgan fingerprint density at radius 1 is 1.10 bits per heavy atom. The molecule has 10 heteroatoms. The van der Waals surface area contributed by atoms with E-state index in [9.17, 15) is 14.0 Å². The van der Waals surface area contributed by atoms with Gasteiger partial charge in [-0.1, -0.05) is 66.8 Å². The summed E-state index contributed by atoms with van der Waals surface area (Å²) in [6.07, 6.45) is 2.26. The molecule has 1 aliphatic heterocycles. The molecule has 1 aromatic heterocycles. The second-order valence-electron chi connectivity index (χ2n) is 9.34. The molecule has 0 N–H and O–H groups in total. The number of benzene rings is 3. The highest BCUT2D eigenvalue weighted by molar-refractivity contribution is 9.10. The maximum Gasteiger partial charge on any atom is 0.338 e. The fraction of sp³-hybridized carbons (Fsp3) is 0.219. The van der Waals surface area contributed by atoms with Crippen LogP contribution in [0.1, 0.15) is 43.0 Å². The third-order valence-electron chi connectivity index (χ3n) is 6.72. The Morgan fingerprint density at radius 2 is 1.83 bits per heavy atom. The summed E-state index contributed by atoms with van der Waals surface area (Å²) >= 11 is 4.81. The first kappa shape index (κ1) is 29.5. The van der Waals surface area contributed by atoms with Crippen LogP contribution < -0.4 is 24.4 Å². The van der Waals surface area contributed by atoms with Crippen molar-refractivity contribution in [2.75, 3.05) is 13.7 Å². The number of ether oxygens (including phenoxy) is 3. The minimum atomic E-state index is -0.674. The Morgan fingerprint density at radius 3 is 2.52 bits per heavy atom. The van der Waals surface area contributed by atoms with Gasteiger partial charge < -0.3 is 14.2 Å². The lowest BCUT2D eigenvalue weighted by Gasteiger charge is -2.25. The molecule has 0 amide bonds. The van der Waals surface area contributed by atoms with Gasteiger partial charge in [0.15, 0.2) is 16.3 Å². The summed E-state index contributed by atoms with van der Waals surface area (Å²) in [5.41, 5.74) is 2.54. The maximum absolute atomic E-state index is 14.2. The Labute approximate surface area is 254 Å². The Bertz CT molecular complexity index is 1850. The van der Waals surface area contributed by atoms with Gasteiger partial charge in [0.25, 0.3) is 5.56 Å². The van der Waals surface area contributed by atoms with Crippen molar-refractivity contribution >= 4 is 39.3 Å². The summed E-state index contributed by atoms with van der Waals surface area (Å²) in [6.45, 7) is 4.17. The molecule has 4 aromatic rings. The van der Waals surface area contributed by atoms with Crippen LogP contribution >= 0.6 is 27.3 Å². The zero-order valence-electron chi connectivity index (χ0n) is 23.2. The number of esters is 1. The molecule has 0 spiro atoms. The van der Waals surface area contributed by atoms with Crippen LogP contribution in [0.15, 0.2) is 92.3 Å². The number of hydrogen-bond donors (Lipinski definition) is 0. The van der Waals surface area contributed by atoms with Gasteiger partial charge in [-0.2, -0.15) is 0 Å². The van der Waals surface area contributed by atoms with Crippen molar-refractivity contribution in [3.8, 4) is 11.5 Å². The number of methoxy groups -OCH3 is 1. The van der Waals surface area contributed by atoms with Crippen LogP contribution in [0, 0.1) is 5.82 Å². The molecule has 1 aliphatic rings. The van der Waals surface area contributed by atoms with Gasteiger partial charge >= 0.3 is 5.97 Å². The van der Waals surface area contributed by atoms with Gasteiger partial charge in [0.1, 0.15) is 12.4 Å². The lowest BCUT2D eigenvalue weighted by atomic mass is 9.95. The van der Waals surface area contributed by atoms with Gasteiger partial charge in [0.05, 0.1) is 40.0 Å². The molecule has 0 bridgehead atoms. The number of allylic oxidation sites excluding steroid dienone is 1. The first-order valence-electron chi connectivity index (χ1n) is 13.4. The second-order valence-corrected chi connectivity index (χ2v) is 11.2. The van der Waals surface area contributed by atoms with Gasteiger partial charge in [-0.15, -0.1) is 0 Å². The predicted octanol–water partition coefficient (Wildman–Crippen LogP) is 5.68. The number of halogens is 2. The standard InChI is InChI=1S/C32H28BrFN2O5S/c1-4-24-27(31(38)39-3)28(20-11-7-6-8-12-20)36-30(37)26(42-32(36)35-24)17-19-15-22(33)29(25(16-19)40-5-2)41-18-21-13-9-10-14-23(21)34/h6-17,28H,4-5,18H2,1-3H3/b26-17-/t28-/m1/s1. The number of carbonyl (C=O) groups excluding carboxylic acids is 1. The van der Waals surface area contributed by atoms with Crippen molar-refractivity contribution in [2.45, 2.75) is 32.9 Å². The first-order valence-corrected chi connectivity index (χ1v) is 15.0. The smallest absolute Gasteiger partial charge is 0.338 e. The average molecular weight is 652 g/mol. The molecule has 5 rings (SSSR count). The van der Waals surface area contributed by atoms with Gasteiger partial charge in [0.2, 0.25) is 0 Å². The van der Waals surface area contributed by atoms with Crippen LogP contribution in [0.4, 0.5) is 4.39 Å². The van der Waals surface area contributed by atoms with Crippen LogP contribution in [0.25, 0.3) is 6.08 Å². The molecular weight excluding hydrogens is 623 g/mol. The second kappa shape index (κ2) is 12.9. The average Bonchev–Trinajstić information content (AvgIpc) is 3.30. The van der Waals surface area contributed by atoms with E-state index >= 15 is 0 Å². The third-order valence-corrected chi connectivity index (χ3v) is 8.30. The lowest BCUT2D eigenvalue weighted by Crippen LogP contribution is -2.40. The summed E-state index contributed by atoms with van der Waals surface area (Å²) in [6, 6.07) is 18.7. The monoisotopic (exact) mass is 650 g/mol. The summed E-state index contributed by atoms with van der Waals surface area (Å²) in [4.78, 5) is 32.1. The van der Waals surface area contributed by atoms with Crippen LogP contribution in [0.3, 0.4) is 0 Å². The largest absolute Gasteiger partial charge is 0.490 e. The summed E-state index contributed by atoms with van der Waals surface area (Å²) in [5.74, 6) is 0.00714. The molecule has 1 atom stereocenters. The van der Waals surface area contributed by atoms with Crippen molar-refractivity contribution in [2.24, 2.45) is 4.99 Å². The van der Waals surface area contributed by atoms with Crippen molar-refractivity contribution in [3.05, 3.63) is 125 Å². The molecule has 0 fully saturated rings. The minimum Gasteiger partial charge on any atom is -0.490 e. The topological polar surface area (TPSA) is 79.1 Å². The fourth-order valence-electron chi connectivity index (χ4n) is 4.81. The van der Waals surface area contributed by atoms with Crippen LogP contribution in [-0.2, 0) is 16.1 Å². The van der Waals surface area contributed by atoms with E-state index in [1.54, 1.807) is 34.9 Å². The minimum absolute atomic E-state index is 0.0189. The van der Waals surface area contributed by atoms with Crippen molar-refractivity contribution in [3.63, 3.8) is 0 Å². The summed E-state index contributed by atoms with van der Waals surface area (Å²) < 4.78 is 33.7. The number of hydrogen-bond acceptors (Lipinski definition) is 7. The number of rotatable bonds is 9. The number of fused-ring (bicyclic) bond motifs is 1. The van der Waals surface area contributed by atoms with E-state index in [2.05, 4.69) is 15.9 Å². The Kier molecular flexibility index (Phi) is 9.03. The molecule has 3 aromatic carbocycles. The van der Waals surface area contributed by atoms with E-state index in [1.807, 2.05) is 50.2 Å². The number of nitrogens with zero attached hydrogens (tertiary/aromatic N) is 2. The molecule has 0 saturated heterocycles. The molecule has 2 heterocycles. The normalized spacial score (nSPS) is 14.8. The number of carbonyl (C=O) groups is 1. The van der Waals surface area contributed by atoms with E-state index in [0.29, 0.717) is 60.7 Å². The number of thiazole rings is 1. The highest BCUT2D eigenvalue weighted by Crippen LogP contribution is 2.38. The summed E-state index contributed by atoms with van der Waals surface area (Å²) in [5, 5.41) is 0. The molecule has 216 valence electrons. The third kappa shape index (κ3) is 5.82. The van der Waals surface area contributed by atoms with Crippen LogP contribution in [0.5, 0.6) is 11.5 Å². The van der Waals surface area contributed by atoms with Gasteiger partial charge in [-0.05, 0) is 64.7 Å². The van der Waals surface area contributed by atoms with E-state index in [-0.39, 0.29) is 18.0 Å².